The third kappa shape index (κ3) is 4.70. The lowest BCUT2D eigenvalue weighted by Gasteiger charge is -2.19. The van der Waals surface area contributed by atoms with Crippen molar-refractivity contribution in [2.45, 2.75) is 31.6 Å². The molecule has 0 heterocycles. The molecule has 1 atom stereocenters. The van der Waals surface area contributed by atoms with E-state index < -0.39 is 13.1 Å². The second kappa shape index (κ2) is 5.04. The minimum atomic E-state index is -2.51. The van der Waals surface area contributed by atoms with Crippen LogP contribution in [0.15, 0.2) is 0 Å². The molecule has 0 fully saturated rings. The zero-order chi connectivity index (χ0) is 8.91. The highest BCUT2D eigenvalue weighted by Gasteiger charge is 2.28. The Morgan fingerprint density at radius 3 is 2.27 bits per heavy atom. The van der Waals surface area contributed by atoms with Crippen LogP contribution < -0.4 is 0 Å². The summed E-state index contributed by atoms with van der Waals surface area (Å²) in [6.45, 7) is 3.97. The Morgan fingerprint density at radius 1 is 1.55 bits per heavy atom. The third-order valence-corrected chi connectivity index (χ3v) is 2.69. The lowest BCUT2D eigenvalue weighted by molar-refractivity contribution is 0.238. The average Bonchev–Trinajstić information content (AvgIpc) is 2.00. The van der Waals surface area contributed by atoms with Crippen molar-refractivity contribution in [3.63, 3.8) is 0 Å². The Morgan fingerprint density at radius 2 is 2.00 bits per heavy atom. The molecule has 0 aliphatic heterocycles. The largest absolute Gasteiger partial charge is 0.694 e. The zero-order valence-corrected chi connectivity index (χ0v) is 8.36. The Kier molecular flexibility index (Phi) is 5.19. The van der Waals surface area contributed by atoms with Gasteiger partial charge in [-0.2, -0.15) is 0 Å². The summed E-state index contributed by atoms with van der Waals surface area (Å²) in [5.41, 5.74) is 0. The van der Waals surface area contributed by atoms with Gasteiger partial charge in [0.05, 0.1) is 4.87 Å². The topological polar surface area (TPSA) is 46.5 Å². The second-order valence-corrected chi connectivity index (χ2v) is 3.90. The minimum absolute atomic E-state index is 0.132. The van der Waals surface area contributed by atoms with Crippen molar-refractivity contribution in [2.24, 2.45) is 0 Å². The van der Waals surface area contributed by atoms with Crippen LogP contribution in [-0.4, -0.2) is 16.4 Å². The molecule has 0 spiro atoms. The molecule has 0 saturated heterocycles. The highest BCUT2D eigenvalue weighted by atomic mass is 35.5. The predicted molar refractivity (Wildman–Crippen MR) is 44.9 cm³/mol. The van der Waals surface area contributed by atoms with E-state index in [0.29, 0.717) is 0 Å². The van der Waals surface area contributed by atoms with E-state index in [9.17, 15) is 4.57 Å². The summed E-state index contributed by atoms with van der Waals surface area (Å²) in [4.78, 5) is 7.86. The molecule has 1 unspecified atom stereocenters. The molecule has 11 heavy (non-hydrogen) atoms. The van der Waals surface area contributed by atoms with Crippen molar-refractivity contribution in [2.75, 3.05) is 6.61 Å². The number of hydrogen-bond acceptors (Lipinski definition) is 2. The van der Waals surface area contributed by atoms with Gasteiger partial charge in [-0.3, -0.25) is 0 Å². The van der Waals surface area contributed by atoms with E-state index in [1.54, 1.807) is 0 Å². The van der Waals surface area contributed by atoms with E-state index in [2.05, 4.69) is 4.52 Å². The van der Waals surface area contributed by atoms with Gasteiger partial charge in [0.1, 0.15) is 6.61 Å². The highest BCUT2D eigenvalue weighted by molar-refractivity contribution is 7.32. The number of hydrogen-bond donors (Lipinski definition) is 1. The van der Waals surface area contributed by atoms with Crippen molar-refractivity contribution < 1.29 is 14.0 Å². The van der Waals surface area contributed by atoms with E-state index in [4.69, 9.17) is 16.5 Å². The quantitative estimate of drug-likeness (QED) is 0.547. The Hall–Kier alpha value is 0.310. The first-order valence-electron chi connectivity index (χ1n) is 3.52. The maximum atomic E-state index is 10.1. The summed E-state index contributed by atoms with van der Waals surface area (Å²) in [6, 6.07) is 0. The molecule has 66 valence electrons. The molecule has 0 aromatic rings. The monoisotopic (exact) mass is 199 g/mol. The molecule has 3 nitrogen and oxygen atoms in total. The van der Waals surface area contributed by atoms with Crippen LogP contribution in [0.4, 0.5) is 0 Å². The van der Waals surface area contributed by atoms with Crippen LogP contribution in [0.25, 0.3) is 0 Å². The molecule has 0 aliphatic carbocycles. The number of halogens is 1. The van der Waals surface area contributed by atoms with Crippen molar-refractivity contribution in [1.82, 2.24) is 0 Å². The van der Waals surface area contributed by atoms with Crippen molar-refractivity contribution in [1.29, 1.82) is 0 Å². The van der Waals surface area contributed by atoms with Gasteiger partial charge in [0.25, 0.3) is 0 Å². The van der Waals surface area contributed by atoms with Crippen molar-refractivity contribution in [3.8, 4) is 0 Å². The molecule has 0 saturated carbocycles. The summed E-state index contributed by atoms with van der Waals surface area (Å²) in [5, 5.41) is 0. The fraction of sp³-hybridized carbons (Fsp3) is 1.00. The first-order valence-corrected chi connectivity index (χ1v) is 5.03. The molecule has 0 aliphatic rings. The molecule has 0 aromatic carbocycles. The number of rotatable bonds is 5. The van der Waals surface area contributed by atoms with Crippen LogP contribution in [0.2, 0.25) is 0 Å². The summed E-state index contributed by atoms with van der Waals surface area (Å²) in [7, 11) is -2.51. The number of alkyl halides is 1. The maximum Gasteiger partial charge on any atom is 0.694 e. The first-order chi connectivity index (χ1) is 5.04. The zero-order valence-electron chi connectivity index (χ0n) is 6.71. The smallest absolute Gasteiger partial charge is 0.133 e. The Bertz CT molecular complexity index is 136. The fourth-order valence-corrected chi connectivity index (χ4v) is 1.11. The van der Waals surface area contributed by atoms with E-state index in [1.165, 1.54) is 0 Å². The van der Waals surface area contributed by atoms with Crippen LogP contribution in [0.5, 0.6) is 0 Å². The van der Waals surface area contributed by atoms with Gasteiger partial charge in [0.2, 0.25) is 0 Å². The van der Waals surface area contributed by atoms with Gasteiger partial charge >= 0.3 is 8.25 Å². The Balaban J connectivity index is 3.78. The van der Waals surface area contributed by atoms with E-state index in [1.807, 2.05) is 13.8 Å². The summed E-state index contributed by atoms with van der Waals surface area (Å²) in [6.07, 6.45) is 1.46. The van der Waals surface area contributed by atoms with Crippen LogP contribution in [0.1, 0.15) is 26.7 Å². The SMILES string of the molecule is CCC(Cl)(CC)CO[P+](=O)O. The Labute approximate surface area is 72.7 Å². The summed E-state index contributed by atoms with van der Waals surface area (Å²) in [5.74, 6) is 0. The van der Waals surface area contributed by atoms with Gasteiger partial charge in [-0.25, -0.2) is 0 Å². The van der Waals surface area contributed by atoms with Crippen LogP contribution in [0, 0.1) is 0 Å². The van der Waals surface area contributed by atoms with Gasteiger partial charge in [0, 0.05) is 4.57 Å². The molecule has 0 rings (SSSR count). The molecule has 0 bridgehead atoms. The van der Waals surface area contributed by atoms with Crippen molar-refractivity contribution >= 4 is 19.9 Å². The summed E-state index contributed by atoms with van der Waals surface area (Å²) >= 11 is 5.99. The molecular weight excluding hydrogens is 186 g/mol. The van der Waals surface area contributed by atoms with Gasteiger partial charge in [-0.15, -0.1) is 21.0 Å². The van der Waals surface area contributed by atoms with Gasteiger partial charge in [-0.05, 0) is 12.8 Å². The molecular formula is C6H13ClO3P+. The van der Waals surface area contributed by atoms with E-state index in [-0.39, 0.29) is 6.61 Å². The maximum absolute atomic E-state index is 10.1. The lowest BCUT2D eigenvalue weighted by atomic mass is 10.0. The third-order valence-electron chi connectivity index (χ3n) is 1.70. The standard InChI is InChI=1S/C6H12ClO3P/c1-3-6(7,4-2)5-10-11(8)9/h3-5H2,1-2H3/p+1. The van der Waals surface area contributed by atoms with Crippen molar-refractivity contribution in [3.05, 3.63) is 0 Å². The van der Waals surface area contributed by atoms with E-state index >= 15 is 0 Å². The van der Waals surface area contributed by atoms with Crippen LogP contribution in [0.3, 0.4) is 0 Å². The highest BCUT2D eigenvalue weighted by Crippen LogP contribution is 2.28. The predicted octanol–water partition coefficient (Wildman–Crippen LogP) is 2.45. The lowest BCUT2D eigenvalue weighted by Crippen LogP contribution is -2.24. The first kappa shape index (κ1) is 11.3. The van der Waals surface area contributed by atoms with Gasteiger partial charge in [-0.1, -0.05) is 13.8 Å². The average molecular weight is 200 g/mol. The fourth-order valence-electron chi connectivity index (χ4n) is 0.625. The van der Waals surface area contributed by atoms with Crippen LogP contribution >= 0.6 is 19.9 Å². The minimum Gasteiger partial charge on any atom is -0.133 e. The summed E-state index contributed by atoms with van der Waals surface area (Å²) < 4.78 is 14.7. The molecule has 1 N–H and O–H groups in total. The molecule has 0 radical (unpaired) electrons. The molecule has 5 heteroatoms. The molecule has 0 aromatic heterocycles. The second-order valence-electron chi connectivity index (χ2n) is 2.37. The van der Waals surface area contributed by atoms with Gasteiger partial charge in [0.15, 0.2) is 0 Å². The van der Waals surface area contributed by atoms with E-state index in [0.717, 1.165) is 12.8 Å². The van der Waals surface area contributed by atoms with Gasteiger partial charge < -0.3 is 0 Å². The molecule has 0 amide bonds. The normalized spacial score (nSPS) is 13.3. The van der Waals surface area contributed by atoms with Crippen LogP contribution in [-0.2, 0) is 9.09 Å².